The van der Waals surface area contributed by atoms with Gasteiger partial charge in [0.2, 0.25) is 6.34 Å². The summed E-state index contributed by atoms with van der Waals surface area (Å²) in [6.07, 6.45) is 3.44. The van der Waals surface area contributed by atoms with E-state index in [1.54, 1.807) is 6.34 Å². The van der Waals surface area contributed by atoms with Crippen molar-refractivity contribution in [1.82, 2.24) is 5.32 Å². The zero-order valence-electron chi connectivity index (χ0n) is 11.7. The molecule has 22 heavy (non-hydrogen) atoms. The highest BCUT2D eigenvalue weighted by molar-refractivity contribution is 8.18. The summed E-state index contributed by atoms with van der Waals surface area (Å²) < 4.78 is 0. The van der Waals surface area contributed by atoms with E-state index in [4.69, 9.17) is 0 Å². The van der Waals surface area contributed by atoms with E-state index in [0.717, 1.165) is 11.3 Å². The van der Waals surface area contributed by atoms with Crippen LogP contribution in [0.4, 0.5) is 5.69 Å². The van der Waals surface area contributed by atoms with Gasteiger partial charge in [0.05, 0.1) is 4.91 Å². The molecule has 5 heteroatoms. The van der Waals surface area contributed by atoms with Gasteiger partial charge in [0.15, 0.2) is 0 Å². The van der Waals surface area contributed by atoms with Gasteiger partial charge in [-0.05, 0) is 35.5 Å². The Bertz CT molecular complexity index is 752. The Balaban J connectivity index is 1.71. The number of rotatable bonds is 3. The van der Waals surface area contributed by atoms with Crippen molar-refractivity contribution in [2.45, 2.75) is 0 Å². The van der Waals surface area contributed by atoms with Gasteiger partial charge in [0.1, 0.15) is 5.69 Å². The highest BCUT2D eigenvalue weighted by Crippen LogP contribution is 2.23. The summed E-state index contributed by atoms with van der Waals surface area (Å²) >= 11 is 1.36. The predicted molar refractivity (Wildman–Crippen MR) is 90.7 cm³/mol. The fourth-order valence-corrected chi connectivity index (χ4v) is 2.70. The molecule has 1 amide bonds. The largest absolute Gasteiger partial charge is 0.319 e. The minimum Gasteiger partial charge on any atom is -0.250 e. The standard InChI is InChI=1S/C17H13N3OS/c21-16-15(11-13-7-3-1-4-8-13)22-17(20-16)19-12-18-14-9-5-2-6-10-14/h1-12H,(H,18,19,20,21)/p+1/b15-11+. The van der Waals surface area contributed by atoms with Gasteiger partial charge in [-0.1, -0.05) is 48.5 Å². The van der Waals surface area contributed by atoms with E-state index < -0.39 is 0 Å². The molecule has 2 N–H and O–H groups in total. The molecule has 0 aliphatic carbocycles. The van der Waals surface area contributed by atoms with Gasteiger partial charge in [0.25, 0.3) is 5.17 Å². The third-order valence-electron chi connectivity index (χ3n) is 2.93. The summed E-state index contributed by atoms with van der Waals surface area (Å²) in [4.78, 5) is 19.8. The molecule has 0 atom stereocenters. The minimum absolute atomic E-state index is 0.107. The fraction of sp³-hybridized carbons (Fsp3) is 0. The number of carbonyl (C=O) groups excluding carboxylic acids is 1. The second-order valence-corrected chi connectivity index (χ2v) is 5.59. The molecule has 1 fully saturated rings. The molecule has 1 aliphatic heterocycles. The maximum atomic E-state index is 11.9. The van der Waals surface area contributed by atoms with E-state index in [-0.39, 0.29) is 5.91 Å². The number of carbonyl (C=O) groups is 1. The first-order valence-electron chi connectivity index (χ1n) is 6.78. The lowest BCUT2D eigenvalue weighted by molar-refractivity contribution is -0.301. The zero-order chi connectivity index (χ0) is 15.2. The van der Waals surface area contributed by atoms with Crippen molar-refractivity contribution in [1.29, 1.82) is 0 Å². The second-order valence-electron chi connectivity index (χ2n) is 4.54. The third kappa shape index (κ3) is 3.71. The second kappa shape index (κ2) is 6.87. The predicted octanol–water partition coefficient (Wildman–Crippen LogP) is 1.69. The Labute approximate surface area is 132 Å². The van der Waals surface area contributed by atoms with Crippen molar-refractivity contribution in [3.05, 3.63) is 71.1 Å². The number of thioether (sulfide) groups is 1. The van der Waals surface area contributed by atoms with Gasteiger partial charge in [0, 0.05) is 0 Å². The number of amidine groups is 1. The van der Waals surface area contributed by atoms with Crippen LogP contribution in [0.1, 0.15) is 5.56 Å². The Morgan fingerprint density at radius 1 is 1.00 bits per heavy atom. The van der Waals surface area contributed by atoms with Crippen molar-refractivity contribution >= 4 is 40.9 Å². The molecular weight excluding hydrogens is 294 g/mol. The molecule has 0 radical (unpaired) electrons. The molecule has 2 aromatic rings. The van der Waals surface area contributed by atoms with E-state index in [1.165, 1.54) is 11.8 Å². The van der Waals surface area contributed by atoms with E-state index in [9.17, 15) is 4.79 Å². The van der Waals surface area contributed by atoms with E-state index >= 15 is 0 Å². The third-order valence-corrected chi connectivity index (χ3v) is 3.87. The Hall–Kier alpha value is -2.66. The monoisotopic (exact) mass is 308 g/mol. The fourth-order valence-electron chi connectivity index (χ4n) is 1.89. The zero-order valence-corrected chi connectivity index (χ0v) is 12.5. The lowest BCUT2D eigenvalue weighted by Gasteiger charge is -1.91. The van der Waals surface area contributed by atoms with Crippen molar-refractivity contribution in [2.75, 3.05) is 0 Å². The van der Waals surface area contributed by atoms with Crippen LogP contribution in [-0.4, -0.2) is 17.4 Å². The van der Waals surface area contributed by atoms with E-state index in [1.807, 2.05) is 66.7 Å². The Morgan fingerprint density at radius 3 is 2.41 bits per heavy atom. The SMILES string of the molecule is O=C1NC(=[NH+]C=Nc2ccccc2)S/C1=C/c1ccccc1. The molecular formula is C17H14N3OS+. The van der Waals surface area contributed by atoms with E-state index in [0.29, 0.717) is 10.1 Å². The van der Waals surface area contributed by atoms with Gasteiger partial charge in [-0.2, -0.15) is 0 Å². The van der Waals surface area contributed by atoms with Crippen molar-refractivity contribution in [2.24, 2.45) is 4.99 Å². The van der Waals surface area contributed by atoms with Crippen LogP contribution in [0.5, 0.6) is 0 Å². The minimum atomic E-state index is -0.107. The summed E-state index contributed by atoms with van der Waals surface area (Å²) in [7, 11) is 0. The molecule has 1 heterocycles. The number of para-hydroxylation sites is 1. The van der Waals surface area contributed by atoms with Gasteiger partial charge in [-0.15, -0.1) is 4.99 Å². The summed E-state index contributed by atoms with van der Waals surface area (Å²) in [5.41, 5.74) is 1.85. The number of amides is 1. The first-order valence-corrected chi connectivity index (χ1v) is 7.60. The summed E-state index contributed by atoms with van der Waals surface area (Å²) in [5, 5.41) is 3.44. The van der Waals surface area contributed by atoms with Gasteiger partial charge < -0.3 is 0 Å². The highest BCUT2D eigenvalue weighted by atomic mass is 32.2. The summed E-state index contributed by atoms with van der Waals surface area (Å²) in [6.45, 7) is 0. The number of hydrogen-bond acceptors (Lipinski definition) is 3. The van der Waals surface area contributed by atoms with Crippen molar-refractivity contribution < 1.29 is 9.79 Å². The van der Waals surface area contributed by atoms with Crippen LogP contribution in [0.25, 0.3) is 6.08 Å². The lowest BCUT2D eigenvalue weighted by atomic mass is 10.2. The number of nitrogens with zero attached hydrogens (tertiary/aromatic N) is 1. The maximum Gasteiger partial charge on any atom is 0.319 e. The smallest absolute Gasteiger partial charge is 0.250 e. The molecule has 3 rings (SSSR count). The average Bonchev–Trinajstić information content (AvgIpc) is 2.89. The number of aliphatic imine (C=N–C) groups is 1. The molecule has 4 nitrogen and oxygen atoms in total. The average molecular weight is 308 g/mol. The molecule has 108 valence electrons. The van der Waals surface area contributed by atoms with Crippen LogP contribution in [0.15, 0.2) is 70.6 Å². The molecule has 0 unspecified atom stereocenters. The summed E-state index contributed by atoms with van der Waals surface area (Å²) in [6, 6.07) is 19.4. The van der Waals surface area contributed by atoms with Crippen molar-refractivity contribution in [3.8, 4) is 0 Å². The maximum absolute atomic E-state index is 11.9. The first-order chi connectivity index (χ1) is 10.8. The number of hydrogen-bond donors (Lipinski definition) is 2. The Morgan fingerprint density at radius 2 is 1.68 bits per heavy atom. The Kier molecular flexibility index (Phi) is 4.46. The van der Waals surface area contributed by atoms with Crippen LogP contribution in [-0.2, 0) is 4.79 Å². The van der Waals surface area contributed by atoms with Crippen LogP contribution in [0.3, 0.4) is 0 Å². The lowest BCUT2D eigenvalue weighted by Crippen LogP contribution is -2.72. The van der Waals surface area contributed by atoms with Crippen molar-refractivity contribution in [3.63, 3.8) is 0 Å². The molecule has 0 saturated carbocycles. The van der Waals surface area contributed by atoms with Crippen LogP contribution >= 0.6 is 11.8 Å². The van der Waals surface area contributed by atoms with Gasteiger partial charge in [-0.3, -0.25) is 0 Å². The summed E-state index contributed by atoms with van der Waals surface area (Å²) in [5.74, 6) is -0.107. The van der Waals surface area contributed by atoms with Crippen LogP contribution in [0.2, 0.25) is 0 Å². The molecule has 0 spiro atoms. The number of nitrogens with one attached hydrogen (secondary N) is 2. The molecule has 0 aromatic heterocycles. The van der Waals surface area contributed by atoms with Gasteiger partial charge >= 0.3 is 5.91 Å². The van der Waals surface area contributed by atoms with Crippen LogP contribution in [0, 0.1) is 0 Å². The highest BCUT2D eigenvalue weighted by Gasteiger charge is 2.27. The molecule has 1 aliphatic rings. The normalized spacial score (nSPS) is 18.3. The topological polar surface area (TPSA) is 55.4 Å². The first kappa shape index (κ1) is 14.3. The molecule has 1 saturated heterocycles. The van der Waals surface area contributed by atoms with Gasteiger partial charge in [-0.25, -0.2) is 15.1 Å². The van der Waals surface area contributed by atoms with E-state index in [2.05, 4.69) is 15.3 Å². The number of benzene rings is 2. The molecule has 0 bridgehead atoms. The quantitative estimate of drug-likeness (QED) is 0.515. The molecule has 2 aromatic carbocycles. The van der Waals surface area contributed by atoms with Crippen LogP contribution < -0.4 is 10.3 Å².